The van der Waals surface area contributed by atoms with E-state index in [1.165, 1.54) is 19.3 Å². The SMILES string of the molecule is O=C(O)c1cc(I)ccc1NC(=O)C1C2C3CCC(C3)C12. The van der Waals surface area contributed by atoms with Crippen molar-refractivity contribution in [2.45, 2.75) is 19.3 Å². The van der Waals surface area contributed by atoms with Gasteiger partial charge in [0.05, 0.1) is 11.3 Å². The van der Waals surface area contributed by atoms with Crippen LogP contribution in [0.15, 0.2) is 18.2 Å². The average molecular weight is 397 g/mol. The van der Waals surface area contributed by atoms with Crippen molar-refractivity contribution < 1.29 is 14.7 Å². The summed E-state index contributed by atoms with van der Waals surface area (Å²) >= 11 is 2.07. The Kier molecular flexibility index (Phi) is 3.03. The van der Waals surface area contributed by atoms with E-state index in [9.17, 15) is 14.7 Å². The highest BCUT2D eigenvalue weighted by Crippen LogP contribution is 2.69. The van der Waals surface area contributed by atoms with E-state index in [4.69, 9.17) is 0 Å². The molecule has 4 nitrogen and oxygen atoms in total. The predicted molar refractivity (Wildman–Crippen MR) is 86.0 cm³/mol. The number of amides is 1. The van der Waals surface area contributed by atoms with Crippen molar-refractivity contribution in [3.63, 3.8) is 0 Å². The van der Waals surface area contributed by atoms with E-state index >= 15 is 0 Å². The first kappa shape index (κ1) is 13.5. The monoisotopic (exact) mass is 397 g/mol. The maximum atomic E-state index is 12.5. The Morgan fingerprint density at radius 3 is 2.48 bits per heavy atom. The second kappa shape index (κ2) is 4.69. The first-order valence-electron chi connectivity index (χ1n) is 7.40. The molecule has 0 spiro atoms. The molecule has 0 radical (unpaired) electrons. The number of benzene rings is 1. The van der Waals surface area contributed by atoms with Gasteiger partial charge in [-0.15, -0.1) is 0 Å². The molecule has 1 aromatic carbocycles. The molecule has 0 aliphatic heterocycles. The molecule has 110 valence electrons. The molecule has 3 aliphatic rings. The summed E-state index contributed by atoms with van der Waals surface area (Å²) in [5, 5.41) is 12.1. The van der Waals surface area contributed by atoms with Gasteiger partial charge in [0.15, 0.2) is 0 Å². The lowest BCUT2D eigenvalue weighted by Gasteiger charge is -2.11. The van der Waals surface area contributed by atoms with Gasteiger partial charge >= 0.3 is 5.97 Å². The number of fused-ring (bicyclic) bond motifs is 5. The lowest BCUT2D eigenvalue weighted by molar-refractivity contribution is -0.118. The minimum atomic E-state index is -1.00. The Labute approximate surface area is 136 Å². The van der Waals surface area contributed by atoms with Crippen LogP contribution in [-0.4, -0.2) is 17.0 Å². The van der Waals surface area contributed by atoms with E-state index in [2.05, 4.69) is 27.9 Å². The second-order valence-corrected chi connectivity index (χ2v) is 7.74. The van der Waals surface area contributed by atoms with Crippen LogP contribution in [-0.2, 0) is 4.79 Å². The molecular formula is C16H16INO3. The highest BCUT2D eigenvalue weighted by Gasteiger charge is 2.67. The number of hydrogen-bond acceptors (Lipinski definition) is 2. The van der Waals surface area contributed by atoms with Gasteiger partial charge in [-0.3, -0.25) is 4.79 Å². The smallest absolute Gasteiger partial charge is 0.337 e. The van der Waals surface area contributed by atoms with Crippen LogP contribution < -0.4 is 5.32 Å². The van der Waals surface area contributed by atoms with Crippen molar-refractivity contribution in [3.8, 4) is 0 Å². The molecule has 5 heteroatoms. The number of carboxylic acids is 1. The minimum Gasteiger partial charge on any atom is -0.478 e. The third-order valence-electron chi connectivity index (χ3n) is 5.51. The van der Waals surface area contributed by atoms with Gasteiger partial charge < -0.3 is 10.4 Å². The van der Waals surface area contributed by atoms with Gasteiger partial charge in [0.25, 0.3) is 0 Å². The summed E-state index contributed by atoms with van der Waals surface area (Å²) < 4.78 is 0.851. The van der Waals surface area contributed by atoms with Crippen LogP contribution in [0.1, 0.15) is 29.6 Å². The van der Waals surface area contributed by atoms with Crippen molar-refractivity contribution in [2.24, 2.45) is 29.6 Å². The van der Waals surface area contributed by atoms with E-state index in [-0.39, 0.29) is 17.4 Å². The molecule has 3 fully saturated rings. The maximum Gasteiger partial charge on any atom is 0.337 e. The first-order chi connectivity index (χ1) is 10.1. The third kappa shape index (κ3) is 2.08. The van der Waals surface area contributed by atoms with E-state index in [0.29, 0.717) is 17.5 Å². The van der Waals surface area contributed by atoms with Crippen LogP contribution in [0.3, 0.4) is 0 Å². The van der Waals surface area contributed by atoms with Crippen LogP contribution in [0.25, 0.3) is 0 Å². The zero-order chi connectivity index (χ0) is 14.7. The molecule has 2 bridgehead atoms. The van der Waals surface area contributed by atoms with Gasteiger partial charge in [-0.2, -0.15) is 0 Å². The van der Waals surface area contributed by atoms with Gasteiger partial charge in [0.2, 0.25) is 5.91 Å². The fraction of sp³-hybridized carbons (Fsp3) is 0.500. The molecule has 1 amide bonds. The predicted octanol–water partition coefficient (Wildman–Crippen LogP) is 3.22. The Morgan fingerprint density at radius 2 is 1.86 bits per heavy atom. The molecule has 0 saturated heterocycles. The van der Waals surface area contributed by atoms with Crippen LogP contribution in [0.4, 0.5) is 5.69 Å². The molecule has 3 saturated carbocycles. The fourth-order valence-corrected chi connectivity index (χ4v) is 5.19. The van der Waals surface area contributed by atoms with Crippen molar-refractivity contribution >= 4 is 40.2 Å². The Morgan fingerprint density at radius 1 is 1.19 bits per heavy atom. The Bertz CT molecular complexity index is 628. The molecule has 3 aliphatic carbocycles. The summed E-state index contributed by atoms with van der Waals surface area (Å²) in [4.78, 5) is 23.8. The Balaban J connectivity index is 1.52. The van der Waals surface area contributed by atoms with Crippen LogP contribution >= 0.6 is 22.6 Å². The maximum absolute atomic E-state index is 12.5. The number of rotatable bonds is 3. The summed E-state index contributed by atoms with van der Waals surface area (Å²) in [6, 6.07) is 5.10. The first-order valence-corrected chi connectivity index (χ1v) is 8.48. The van der Waals surface area contributed by atoms with E-state index in [1.54, 1.807) is 12.1 Å². The number of carbonyl (C=O) groups is 2. The largest absolute Gasteiger partial charge is 0.478 e. The van der Waals surface area contributed by atoms with Crippen molar-refractivity contribution in [1.82, 2.24) is 0 Å². The molecule has 4 rings (SSSR count). The number of nitrogens with one attached hydrogen (secondary N) is 1. The molecule has 2 N–H and O–H groups in total. The number of hydrogen-bond donors (Lipinski definition) is 2. The summed E-state index contributed by atoms with van der Waals surface area (Å²) in [6.45, 7) is 0. The number of halogens is 1. The zero-order valence-corrected chi connectivity index (χ0v) is 13.5. The average Bonchev–Trinajstić information content (AvgIpc) is 2.89. The van der Waals surface area contributed by atoms with Crippen LogP contribution in [0, 0.1) is 33.2 Å². The van der Waals surface area contributed by atoms with E-state index in [1.807, 2.05) is 6.07 Å². The van der Waals surface area contributed by atoms with E-state index < -0.39 is 5.97 Å². The van der Waals surface area contributed by atoms with Crippen molar-refractivity contribution in [2.75, 3.05) is 5.32 Å². The third-order valence-corrected chi connectivity index (χ3v) is 6.18. The summed E-state index contributed by atoms with van der Waals surface area (Å²) in [5.74, 6) is 1.77. The van der Waals surface area contributed by atoms with Gasteiger partial charge in [0, 0.05) is 9.49 Å². The Hall–Kier alpha value is -1.11. The minimum absolute atomic E-state index is 0.0188. The van der Waals surface area contributed by atoms with Crippen molar-refractivity contribution in [1.29, 1.82) is 0 Å². The highest BCUT2D eigenvalue weighted by molar-refractivity contribution is 14.1. The molecule has 1 aromatic rings. The molecule has 4 unspecified atom stereocenters. The topological polar surface area (TPSA) is 66.4 Å². The number of aromatic carboxylic acids is 1. The van der Waals surface area contributed by atoms with Gasteiger partial charge in [-0.1, -0.05) is 0 Å². The molecular weight excluding hydrogens is 381 g/mol. The fourth-order valence-electron chi connectivity index (χ4n) is 4.69. The van der Waals surface area contributed by atoms with Crippen molar-refractivity contribution in [3.05, 3.63) is 27.3 Å². The molecule has 0 aromatic heterocycles. The molecule has 4 atom stereocenters. The lowest BCUT2D eigenvalue weighted by atomic mass is 10.0. The zero-order valence-electron chi connectivity index (χ0n) is 11.4. The summed E-state index contributed by atoms with van der Waals surface area (Å²) in [5.41, 5.74) is 0.592. The highest BCUT2D eigenvalue weighted by atomic mass is 127. The lowest BCUT2D eigenvalue weighted by Crippen LogP contribution is -2.20. The van der Waals surface area contributed by atoms with Gasteiger partial charge in [-0.25, -0.2) is 4.79 Å². The van der Waals surface area contributed by atoms with E-state index in [0.717, 1.165) is 15.4 Å². The number of anilines is 1. The number of carboxylic acid groups (broad SMARTS) is 1. The standard InChI is InChI=1S/C16H16INO3/c17-9-3-4-11(10(6-9)16(20)21)18-15(19)14-12-7-1-2-8(5-7)13(12)14/h3-4,6-8,12-14H,1-2,5H2,(H,18,19)(H,20,21). The van der Waals surface area contributed by atoms with Crippen LogP contribution in [0.5, 0.6) is 0 Å². The van der Waals surface area contributed by atoms with Crippen LogP contribution in [0.2, 0.25) is 0 Å². The van der Waals surface area contributed by atoms with Gasteiger partial charge in [0.1, 0.15) is 0 Å². The quantitative estimate of drug-likeness (QED) is 0.770. The van der Waals surface area contributed by atoms with Gasteiger partial charge in [-0.05, 0) is 83.7 Å². The molecule has 21 heavy (non-hydrogen) atoms. The normalized spacial score (nSPS) is 35.4. The number of carbonyl (C=O) groups excluding carboxylic acids is 1. The molecule has 0 heterocycles. The summed E-state index contributed by atoms with van der Waals surface area (Å²) in [6.07, 6.45) is 3.86. The summed E-state index contributed by atoms with van der Waals surface area (Å²) in [7, 11) is 0. The second-order valence-electron chi connectivity index (χ2n) is 6.50.